The van der Waals surface area contributed by atoms with Gasteiger partial charge in [-0.25, -0.2) is 4.98 Å². The Labute approximate surface area is 110 Å². The number of fused-ring (bicyclic) bond motifs is 1. The number of H-pyrrole nitrogens is 1. The van der Waals surface area contributed by atoms with Crippen LogP contribution in [0.1, 0.15) is 24.4 Å². The Balaban J connectivity index is 2.14. The first-order valence-corrected chi connectivity index (χ1v) is 6.19. The monoisotopic (exact) mass is 253 g/mol. The molecule has 3 N–H and O–H groups in total. The van der Waals surface area contributed by atoms with Crippen LogP contribution in [0.25, 0.3) is 22.2 Å². The molecule has 1 atom stereocenters. The number of rotatable bonds is 2. The minimum absolute atomic E-state index is 0.203. The van der Waals surface area contributed by atoms with Gasteiger partial charge in [0, 0.05) is 22.7 Å². The summed E-state index contributed by atoms with van der Waals surface area (Å²) in [6, 6.07) is 5.95. The maximum atomic E-state index is 5.73. The van der Waals surface area contributed by atoms with E-state index in [1.54, 1.807) is 6.20 Å². The molecule has 0 aliphatic rings. The van der Waals surface area contributed by atoms with Gasteiger partial charge in [0.2, 0.25) is 0 Å². The van der Waals surface area contributed by atoms with Gasteiger partial charge in [-0.15, -0.1) is 10.2 Å². The third-order valence-corrected chi connectivity index (χ3v) is 3.18. The average Bonchev–Trinajstić information content (AvgIpc) is 2.84. The Morgan fingerprint density at radius 2 is 2.11 bits per heavy atom. The van der Waals surface area contributed by atoms with Crippen molar-refractivity contribution in [2.75, 3.05) is 0 Å². The normalized spacial score (nSPS) is 12.8. The lowest BCUT2D eigenvalue weighted by Crippen LogP contribution is -2.10. The molecule has 0 aliphatic heterocycles. The predicted octanol–water partition coefficient (Wildman–Crippen LogP) is 2.35. The van der Waals surface area contributed by atoms with Crippen molar-refractivity contribution in [2.45, 2.75) is 19.9 Å². The van der Waals surface area contributed by atoms with Gasteiger partial charge in [0.25, 0.3) is 0 Å². The molecule has 1 aromatic carbocycles. The number of hydrogen-bond acceptors (Lipinski definition) is 4. The standard InChI is InChI=1S/C14H15N5/c1-8-4-3-5-11-13(8)10(6-16-11)12-7-17-14(9(2)15)19-18-12/h3-7,9,16H,15H2,1-2H3. The number of nitrogens with two attached hydrogens (primary N) is 1. The average molecular weight is 253 g/mol. The number of aryl methyl sites for hydroxylation is 1. The molecular formula is C14H15N5. The van der Waals surface area contributed by atoms with Crippen LogP contribution in [0.5, 0.6) is 0 Å². The van der Waals surface area contributed by atoms with E-state index in [1.807, 2.05) is 25.3 Å². The second-order valence-electron chi connectivity index (χ2n) is 4.69. The molecule has 0 saturated carbocycles. The molecule has 2 heterocycles. The van der Waals surface area contributed by atoms with Crippen LogP contribution in [0, 0.1) is 6.92 Å². The Hall–Kier alpha value is -2.27. The molecule has 2 aromatic heterocycles. The summed E-state index contributed by atoms with van der Waals surface area (Å²) < 4.78 is 0. The van der Waals surface area contributed by atoms with Gasteiger partial charge in [-0.1, -0.05) is 12.1 Å². The van der Waals surface area contributed by atoms with Crippen molar-refractivity contribution in [1.82, 2.24) is 20.2 Å². The molecule has 3 aromatic rings. The molecule has 0 bridgehead atoms. The van der Waals surface area contributed by atoms with E-state index >= 15 is 0 Å². The number of hydrogen-bond donors (Lipinski definition) is 2. The molecule has 5 nitrogen and oxygen atoms in total. The number of aromatic nitrogens is 4. The molecule has 1 unspecified atom stereocenters. The highest BCUT2D eigenvalue weighted by Crippen LogP contribution is 2.29. The molecular weight excluding hydrogens is 238 g/mol. The predicted molar refractivity (Wildman–Crippen MR) is 74.5 cm³/mol. The molecule has 5 heteroatoms. The quantitative estimate of drug-likeness (QED) is 0.734. The van der Waals surface area contributed by atoms with Gasteiger partial charge in [-0.3, -0.25) is 0 Å². The molecule has 0 aliphatic carbocycles. The first-order valence-electron chi connectivity index (χ1n) is 6.19. The summed E-state index contributed by atoms with van der Waals surface area (Å²) in [5, 5.41) is 9.45. The third kappa shape index (κ3) is 1.98. The minimum Gasteiger partial charge on any atom is -0.360 e. The van der Waals surface area contributed by atoms with Crippen LogP contribution >= 0.6 is 0 Å². The van der Waals surface area contributed by atoms with Gasteiger partial charge < -0.3 is 10.7 Å². The lowest BCUT2D eigenvalue weighted by Gasteiger charge is -2.04. The smallest absolute Gasteiger partial charge is 0.167 e. The highest BCUT2D eigenvalue weighted by Gasteiger charge is 2.11. The van der Waals surface area contributed by atoms with Gasteiger partial charge in [-0.05, 0) is 25.5 Å². The van der Waals surface area contributed by atoms with Crippen molar-refractivity contribution in [2.24, 2.45) is 5.73 Å². The largest absolute Gasteiger partial charge is 0.360 e. The molecule has 0 fully saturated rings. The highest BCUT2D eigenvalue weighted by molar-refractivity contribution is 5.96. The van der Waals surface area contributed by atoms with Crippen molar-refractivity contribution in [3.8, 4) is 11.3 Å². The van der Waals surface area contributed by atoms with Crippen LogP contribution < -0.4 is 5.73 Å². The fraction of sp³-hybridized carbons (Fsp3) is 0.214. The summed E-state index contributed by atoms with van der Waals surface area (Å²) >= 11 is 0. The highest BCUT2D eigenvalue weighted by atomic mass is 15.2. The van der Waals surface area contributed by atoms with E-state index in [9.17, 15) is 0 Å². The van der Waals surface area contributed by atoms with Crippen molar-refractivity contribution in [1.29, 1.82) is 0 Å². The second kappa shape index (κ2) is 4.44. The van der Waals surface area contributed by atoms with Crippen molar-refractivity contribution >= 4 is 10.9 Å². The van der Waals surface area contributed by atoms with Crippen molar-refractivity contribution < 1.29 is 0 Å². The van der Waals surface area contributed by atoms with Crippen molar-refractivity contribution in [3.05, 3.63) is 42.0 Å². The zero-order valence-electron chi connectivity index (χ0n) is 10.9. The van der Waals surface area contributed by atoms with Crippen LogP contribution in [-0.4, -0.2) is 20.2 Å². The van der Waals surface area contributed by atoms with E-state index in [0.717, 1.165) is 22.2 Å². The SMILES string of the molecule is Cc1cccc2[nH]cc(-c3cnc(C(C)N)nn3)c12. The number of nitrogens with zero attached hydrogens (tertiary/aromatic N) is 3. The van der Waals surface area contributed by atoms with Gasteiger partial charge in [0.15, 0.2) is 5.82 Å². The Morgan fingerprint density at radius 1 is 1.26 bits per heavy atom. The summed E-state index contributed by atoms with van der Waals surface area (Å²) in [4.78, 5) is 7.50. The molecule has 0 radical (unpaired) electrons. The summed E-state index contributed by atoms with van der Waals surface area (Å²) in [5.41, 5.74) is 9.79. The fourth-order valence-corrected chi connectivity index (χ4v) is 2.19. The number of nitrogens with one attached hydrogen (secondary N) is 1. The van der Waals surface area contributed by atoms with Gasteiger partial charge in [0.05, 0.1) is 12.2 Å². The fourth-order valence-electron chi connectivity index (χ4n) is 2.19. The van der Waals surface area contributed by atoms with Crippen LogP contribution in [-0.2, 0) is 0 Å². The van der Waals surface area contributed by atoms with E-state index in [-0.39, 0.29) is 6.04 Å². The first kappa shape index (κ1) is 11.8. The molecule has 0 spiro atoms. The topological polar surface area (TPSA) is 80.5 Å². The summed E-state index contributed by atoms with van der Waals surface area (Å²) in [6.07, 6.45) is 3.66. The maximum Gasteiger partial charge on any atom is 0.167 e. The van der Waals surface area contributed by atoms with Gasteiger partial charge in [0.1, 0.15) is 5.69 Å². The van der Waals surface area contributed by atoms with E-state index in [0.29, 0.717) is 5.82 Å². The van der Waals surface area contributed by atoms with Crippen LogP contribution in [0.2, 0.25) is 0 Å². The number of aromatic amines is 1. The van der Waals surface area contributed by atoms with E-state index in [2.05, 4.69) is 33.2 Å². The first-order chi connectivity index (χ1) is 9.16. The lowest BCUT2D eigenvalue weighted by atomic mass is 10.1. The number of benzene rings is 1. The molecule has 3 rings (SSSR count). The van der Waals surface area contributed by atoms with E-state index in [1.165, 1.54) is 5.56 Å². The lowest BCUT2D eigenvalue weighted by molar-refractivity contribution is 0.709. The summed E-state index contributed by atoms with van der Waals surface area (Å²) in [6.45, 7) is 3.92. The Morgan fingerprint density at radius 3 is 2.79 bits per heavy atom. The third-order valence-electron chi connectivity index (χ3n) is 3.18. The molecule has 19 heavy (non-hydrogen) atoms. The van der Waals surface area contributed by atoms with Crippen LogP contribution in [0.4, 0.5) is 0 Å². The Bertz CT molecular complexity index is 712. The summed E-state index contributed by atoms with van der Waals surface area (Å²) in [5.74, 6) is 0.556. The molecule has 0 amide bonds. The van der Waals surface area contributed by atoms with Crippen molar-refractivity contribution in [3.63, 3.8) is 0 Å². The zero-order chi connectivity index (χ0) is 13.4. The van der Waals surface area contributed by atoms with Crippen LogP contribution in [0.15, 0.2) is 30.6 Å². The second-order valence-corrected chi connectivity index (χ2v) is 4.69. The van der Waals surface area contributed by atoms with Gasteiger partial charge >= 0.3 is 0 Å². The van der Waals surface area contributed by atoms with Gasteiger partial charge in [-0.2, -0.15) is 0 Å². The van der Waals surface area contributed by atoms with E-state index < -0.39 is 0 Å². The minimum atomic E-state index is -0.203. The summed E-state index contributed by atoms with van der Waals surface area (Å²) in [7, 11) is 0. The maximum absolute atomic E-state index is 5.73. The molecule has 96 valence electrons. The van der Waals surface area contributed by atoms with Crippen LogP contribution in [0.3, 0.4) is 0 Å². The molecule has 0 saturated heterocycles. The Kier molecular flexibility index (Phi) is 2.76. The zero-order valence-corrected chi connectivity index (χ0v) is 10.9. The van der Waals surface area contributed by atoms with E-state index in [4.69, 9.17) is 5.73 Å².